The Morgan fingerprint density at radius 1 is 1.10 bits per heavy atom. The number of aromatic amines is 2. The average Bonchev–Trinajstić information content (AvgIpc) is 3.49. The fraction of sp³-hybridized carbons (Fsp3) is 0.207. The summed E-state index contributed by atoms with van der Waals surface area (Å²) in [6, 6.07) is 10.00. The summed E-state index contributed by atoms with van der Waals surface area (Å²) in [5, 5.41) is 10.4. The lowest BCUT2D eigenvalue weighted by Gasteiger charge is -2.17. The number of hydrogen-bond donors (Lipinski definition) is 4. The maximum absolute atomic E-state index is 13.9. The summed E-state index contributed by atoms with van der Waals surface area (Å²) in [7, 11) is 0. The predicted molar refractivity (Wildman–Crippen MR) is 150 cm³/mol. The first-order valence-electron chi connectivity index (χ1n) is 12.5. The summed E-state index contributed by atoms with van der Waals surface area (Å²) in [6.45, 7) is 7.85. The van der Waals surface area contributed by atoms with Gasteiger partial charge in [-0.25, -0.2) is 14.4 Å². The van der Waals surface area contributed by atoms with Gasteiger partial charge < -0.3 is 16.0 Å². The van der Waals surface area contributed by atoms with E-state index in [2.05, 4.69) is 25.5 Å². The summed E-state index contributed by atoms with van der Waals surface area (Å²) in [5.74, 6) is 0.0910. The zero-order valence-electron chi connectivity index (χ0n) is 22.1. The van der Waals surface area contributed by atoms with E-state index in [9.17, 15) is 9.18 Å². The number of nitrogens with zero attached hydrogens (tertiary/aromatic N) is 4. The van der Waals surface area contributed by atoms with Crippen molar-refractivity contribution in [2.45, 2.75) is 34.1 Å². The van der Waals surface area contributed by atoms with Crippen molar-refractivity contribution in [3.05, 3.63) is 78.3 Å². The summed E-state index contributed by atoms with van der Waals surface area (Å²) < 4.78 is 13.9. The Bertz CT molecular complexity index is 1760. The number of carbonyl (C=O) groups is 1. The number of imidazole rings is 1. The number of H-pyrrole nitrogens is 2. The van der Waals surface area contributed by atoms with Gasteiger partial charge in [-0.15, -0.1) is 0 Å². The normalized spacial score (nSPS) is 12.8. The highest BCUT2D eigenvalue weighted by atomic mass is 19.1. The molecule has 0 saturated carbocycles. The number of halogens is 1. The molecule has 0 spiro atoms. The van der Waals surface area contributed by atoms with Crippen molar-refractivity contribution in [2.75, 3.05) is 0 Å². The van der Waals surface area contributed by atoms with Crippen molar-refractivity contribution in [2.24, 2.45) is 11.1 Å². The first kappa shape index (κ1) is 25.8. The van der Waals surface area contributed by atoms with Crippen molar-refractivity contribution in [1.29, 1.82) is 0 Å². The van der Waals surface area contributed by atoms with Gasteiger partial charge in [-0.05, 0) is 48.2 Å². The summed E-state index contributed by atoms with van der Waals surface area (Å²) >= 11 is 0. The molecule has 0 aliphatic heterocycles. The van der Waals surface area contributed by atoms with Gasteiger partial charge in [0.1, 0.15) is 11.3 Å². The molecular weight excluding hydrogens is 495 g/mol. The topological polar surface area (TPSA) is 138 Å². The van der Waals surface area contributed by atoms with E-state index in [0.717, 1.165) is 0 Å². The van der Waals surface area contributed by atoms with Gasteiger partial charge in [0, 0.05) is 35.7 Å². The van der Waals surface area contributed by atoms with Crippen molar-refractivity contribution in [3.8, 4) is 22.6 Å². The van der Waals surface area contributed by atoms with E-state index >= 15 is 0 Å². The molecule has 0 aliphatic carbocycles. The molecule has 0 bridgehead atoms. The molecule has 1 amide bonds. The van der Waals surface area contributed by atoms with E-state index in [-0.39, 0.29) is 17.1 Å². The third-order valence-corrected chi connectivity index (χ3v) is 6.04. The van der Waals surface area contributed by atoms with Crippen LogP contribution in [0.25, 0.3) is 50.3 Å². The quantitative estimate of drug-likeness (QED) is 0.218. The smallest absolute Gasteiger partial charge is 0.224 e. The number of carbonyl (C=O) groups excluding carboxylic acids is 1. The molecule has 4 aromatic heterocycles. The number of amides is 1. The number of allylic oxidation sites excluding steroid dienone is 3. The van der Waals surface area contributed by atoms with Crippen LogP contribution < -0.4 is 11.1 Å². The minimum absolute atomic E-state index is 0.0647. The SMILES string of the molecule is C/C(=C\C(=C/N)c1ccc2[nH]nc(-c3nc4c(-c5cccc(F)c5)cncc4[nH]3)c2n1)NC(=O)CC(C)(C)C. The van der Waals surface area contributed by atoms with Crippen molar-refractivity contribution >= 4 is 33.5 Å². The second-order valence-corrected chi connectivity index (χ2v) is 10.6. The van der Waals surface area contributed by atoms with E-state index in [1.807, 2.05) is 45.9 Å². The Morgan fingerprint density at radius 2 is 1.92 bits per heavy atom. The lowest BCUT2D eigenvalue weighted by atomic mass is 9.92. The van der Waals surface area contributed by atoms with Gasteiger partial charge in [0.2, 0.25) is 5.91 Å². The van der Waals surface area contributed by atoms with Gasteiger partial charge in [-0.3, -0.25) is 14.9 Å². The second-order valence-electron chi connectivity index (χ2n) is 10.6. The molecule has 10 heteroatoms. The molecule has 0 atom stereocenters. The molecule has 198 valence electrons. The summed E-state index contributed by atoms with van der Waals surface area (Å²) in [6.07, 6.45) is 6.96. The van der Waals surface area contributed by atoms with Gasteiger partial charge in [-0.1, -0.05) is 32.9 Å². The number of pyridine rings is 2. The number of nitrogens with two attached hydrogens (primary N) is 1. The lowest BCUT2D eigenvalue weighted by Crippen LogP contribution is -2.26. The molecule has 5 N–H and O–H groups in total. The van der Waals surface area contributed by atoms with Crippen LogP contribution in [0.5, 0.6) is 0 Å². The molecular formula is C29H29FN8O. The molecule has 0 unspecified atom stereocenters. The zero-order valence-corrected chi connectivity index (χ0v) is 22.1. The average molecular weight is 525 g/mol. The maximum Gasteiger partial charge on any atom is 0.224 e. The second kappa shape index (κ2) is 10.1. The van der Waals surface area contributed by atoms with Crippen LogP contribution >= 0.6 is 0 Å². The van der Waals surface area contributed by atoms with E-state index in [4.69, 9.17) is 15.7 Å². The molecule has 1 aromatic carbocycles. The van der Waals surface area contributed by atoms with Gasteiger partial charge in [-0.2, -0.15) is 5.10 Å². The Kier molecular flexibility index (Phi) is 6.69. The highest BCUT2D eigenvalue weighted by Gasteiger charge is 2.18. The lowest BCUT2D eigenvalue weighted by molar-refractivity contribution is -0.122. The Balaban J connectivity index is 1.50. The molecule has 5 aromatic rings. The Morgan fingerprint density at radius 3 is 2.67 bits per heavy atom. The van der Waals surface area contributed by atoms with Crippen molar-refractivity contribution < 1.29 is 9.18 Å². The molecule has 39 heavy (non-hydrogen) atoms. The van der Waals surface area contributed by atoms with E-state index in [1.54, 1.807) is 24.5 Å². The first-order valence-corrected chi connectivity index (χ1v) is 12.5. The summed E-state index contributed by atoms with van der Waals surface area (Å²) in [5.41, 5.74) is 12.3. The minimum atomic E-state index is -0.336. The molecule has 9 nitrogen and oxygen atoms in total. The standard InChI is InChI=1S/C29H29FN8O/c1-16(33-24(39)12-29(2,3)4)10-18(13-31)21-8-9-22-26(34-21)27(38-37-22)28-35-23-15-32-14-20(25(23)36-28)17-6-5-7-19(30)11-17/h5-11,13-15H,12,31H2,1-4H3,(H,33,39)(H,35,36)(H,37,38)/b16-10+,18-13+. The van der Waals surface area contributed by atoms with E-state index < -0.39 is 0 Å². The molecule has 0 aliphatic rings. The minimum Gasteiger partial charge on any atom is -0.404 e. The molecule has 0 fully saturated rings. The molecule has 5 rings (SSSR count). The number of rotatable bonds is 6. The first-order chi connectivity index (χ1) is 18.6. The van der Waals surface area contributed by atoms with E-state index in [1.165, 1.54) is 18.3 Å². The number of aromatic nitrogens is 6. The highest BCUT2D eigenvalue weighted by Crippen LogP contribution is 2.31. The van der Waals surface area contributed by atoms with Gasteiger partial charge in [0.15, 0.2) is 11.5 Å². The van der Waals surface area contributed by atoms with Crippen molar-refractivity contribution in [1.82, 2.24) is 35.5 Å². The maximum atomic E-state index is 13.9. The summed E-state index contributed by atoms with van der Waals surface area (Å²) in [4.78, 5) is 29.5. The third-order valence-electron chi connectivity index (χ3n) is 6.04. The van der Waals surface area contributed by atoms with Crippen LogP contribution in [-0.4, -0.2) is 36.0 Å². The Hall–Kier alpha value is -4.86. The third kappa shape index (κ3) is 5.54. The van der Waals surface area contributed by atoms with Crippen LogP contribution in [0.15, 0.2) is 66.8 Å². The fourth-order valence-electron chi connectivity index (χ4n) is 4.36. The Labute approximate surface area is 224 Å². The number of hydrogen-bond acceptors (Lipinski definition) is 6. The number of benzene rings is 1. The fourth-order valence-corrected chi connectivity index (χ4v) is 4.36. The predicted octanol–water partition coefficient (Wildman–Crippen LogP) is 5.46. The van der Waals surface area contributed by atoms with Crippen LogP contribution in [0.3, 0.4) is 0 Å². The number of nitrogens with one attached hydrogen (secondary N) is 3. The zero-order chi connectivity index (χ0) is 27.7. The molecule has 4 heterocycles. The van der Waals surface area contributed by atoms with Crippen LogP contribution in [0.2, 0.25) is 0 Å². The largest absolute Gasteiger partial charge is 0.404 e. The van der Waals surface area contributed by atoms with Gasteiger partial charge in [0.25, 0.3) is 0 Å². The monoisotopic (exact) mass is 524 g/mol. The van der Waals surface area contributed by atoms with Gasteiger partial charge >= 0.3 is 0 Å². The van der Waals surface area contributed by atoms with Crippen LogP contribution in [-0.2, 0) is 4.79 Å². The number of fused-ring (bicyclic) bond motifs is 2. The van der Waals surface area contributed by atoms with Crippen LogP contribution in [0.1, 0.15) is 39.8 Å². The molecule has 0 saturated heterocycles. The van der Waals surface area contributed by atoms with Crippen molar-refractivity contribution in [3.63, 3.8) is 0 Å². The van der Waals surface area contributed by atoms with Crippen LogP contribution in [0, 0.1) is 11.2 Å². The molecule has 0 radical (unpaired) electrons. The highest BCUT2D eigenvalue weighted by molar-refractivity contribution is 5.95. The van der Waals surface area contributed by atoms with E-state index in [0.29, 0.717) is 68.1 Å². The van der Waals surface area contributed by atoms with Gasteiger partial charge in [0.05, 0.1) is 28.4 Å². The van der Waals surface area contributed by atoms with Crippen LogP contribution in [0.4, 0.5) is 4.39 Å².